The van der Waals surface area contributed by atoms with Gasteiger partial charge < -0.3 is 10.1 Å². The average molecular weight is 466 g/mol. The lowest BCUT2D eigenvalue weighted by Gasteiger charge is -2.17. The van der Waals surface area contributed by atoms with Crippen LogP contribution in [0.25, 0.3) is 10.9 Å². The first kappa shape index (κ1) is 22.6. The lowest BCUT2D eigenvalue weighted by Crippen LogP contribution is -2.27. The molecule has 1 atom stereocenters. The fourth-order valence-corrected chi connectivity index (χ4v) is 4.12. The average Bonchev–Trinajstić information content (AvgIpc) is 2.71. The van der Waals surface area contributed by atoms with Crippen molar-refractivity contribution in [3.05, 3.63) is 62.9 Å². The van der Waals surface area contributed by atoms with Crippen molar-refractivity contribution in [3.63, 3.8) is 0 Å². The monoisotopic (exact) mass is 465 g/mol. The number of nitrogens with zero attached hydrogens (tertiary/aromatic N) is 2. The predicted molar refractivity (Wildman–Crippen MR) is 123 cm³/mol. The number of aromatic nitrogens is 2. The summed E-state index contributed by atoms with van der Waals surface area (Å²) in [6, 6.07) is 12.0. The number of ether oxygens (including phenoxy) is 1. The molecule has 1 unspecified atom stereocenters. The molecule has 0 bridgehead atoms. The standard InChI is InChI=1S/C21H21Cl2N3O3S/c1-13(19(27)24-17-7-4-3-6-16(17)23)30-21-25-18-12-14(22)8-9-15(18)20(28)26(21)10-5-11-29-2/h3-4,6-9,12-13H,5,10-11H2,1-2H3,(H,24,27). The van der Waals surface area contributed by atoms with Crippen LogP contribution in [0.3, 0.4) is 0 Å². The summed E-state index contributed by atoms with van der Waals surface area (Å²) in [5.41, 5.74) is 0.859. The molecule has 158 valence electrons. The van der Waals surface area contributed by atoms with E-state index in [0.717, 1.165) is 0 Å². The normalized spacial score (nSPS) is 12.1. The molecule has 0 saturated carbocycles. The first-order chi connectivity index (χ1) is 14.4. The highest BCUT2D eigenvalue weighted by Crippen LogP contribution is 2.26. The van der Waals surface area contributed by atoms with Crippen molar-refractivity contribution in [2.45, 2.75) is 30.3 Å². The highest BCUT2D eigenvalue weighted by atomic mass is 35.5. The van der Waals surface area contributed by atoms with Gasteiger partial charge in [-0.1, -0.05) is 47.1 Å². The van der Waals surface area contributed by atoms with E-state index in [0.29, 0.717) is 51.4 Å². The second-order valence-corrected chi connectivity index (χ2v) is 8.74. The van der Waals surface area contributed by atoms with Crippen molar-refractivity contribution in [3.8, 4) is 0 Å². The van der Waals surface area contributed by atoms with Gasteiger partial charge in [-0.2, -0.15) is 0 Å². The number of fused-ring (bicyclic) bond motifs is 1. The smallest absolute Gasteiger partial charge is 0.262 e. The van der Waals surface area contributed by atoms with Gasteiger partial charge >= 0.3 is 0 Å². The molecule has 0 fully saturated rings. The summed E-state index contributed by atoms with van der Waals surface area (Å²) in [5, 5.41) is 4.18. The number of halogens is 2. The number of carbonyl (C=O) groups is 1. The van der Waals surface area contributed by atoms with Gasteiger partial charge in [-0.3, -0.25) is 14.2 Å². The van der Waals surface area contributed by atoms with Crippen LogP contribution < -0.4 is 10.9 Å². The van der Waals surface area contributed by atoms with Crippen molar-refractivity contribution in [1.82, 2.24) is 9.55 Å². The van der Waals surface area contributed by atoms with Crippen LogP contribution in [0.4, 0.5) is 5.69 Å². The van der Waals surface area contributed by atoms with Crippen molar-refractivity contribution in [1.29, 1.82) is 0 Å². The molecule has 30 heavy (non-hydrogen) atoms. The van der Waals surface area contributed by atoms with Gasteiger partial charge in [-0.05, 0) is 43.7 Å². The molecule has 2 aromatic carbocycles. The molecule has 0 saturated heterocycles. The number of benzene rings is 2. The van der Waals surface area contributed by atoms with Crippen LogP contribution in [-0.4, -0.2) is 34.4 Å². The van der Waals surface area contributed by atoms with Gasteiger partial charge in [0.25, 0.3) is 5.56 Å². The Bertz CT molecular complexity index is 1120. The van der Waals surface area contributed by atoms with E-state index < -0.39 is 5.25 Å². The van der Waals surface area contributed by atoms with Crippen LogP contribution in [-0.2, 0) is 16.1 Å². The van der Waals surface area contributed by atoms with Crippen LogP contribution >= 0.6 is 35.0 Å². The molecule has 1 heterocycles. The molecule has 0 aliphatic carbocycles. The zero-order valence-electron chi connectivity index (χ0n) is 16.5. The van der Waals surface area contributed by atoms with E-state index in [1.54, 1.807) is 61.1 Å². The minimum atomic E-state index is -0.515. The van der Waals surface area contributed by atoms with Crippen LogP contribution in [0.5, 0.6) is 0 Å². The number of para-hydroxylation sites is 1. The summed E-state index contributed by atoms with van der Waals surface area (Å²) in [6.07, 6.45) is 0.644. The molecular weight excluding hydrogens is 445 g/mol. The van der Waals surface area contributed by atoms with E-state index in [4.69, 9.17) is 27.9 Å². The Hall–Kier alpha value is -2.06. The summed E-state index contributed by atoms with van der Waals surface area (Å²) in [4.78, 5) is 30.4. The maximum Gasteiger partial charge on any atom is 0.262 e. The van der Waals surface area contributed by atoms with E-state index in [2.05, 4.69) is 10.3 Å². The van der Waals surface area contributed by atoms with E-state index in [-0.39, 0.29) is 11.5 Å². The van der Waals surface area contributed by atoms with Crippen molar-refractivity contribution in [2.24, 2.45) is 0 Å². The molecule has 0 spiro atoms. The molecule has 1 aromatic heterocycles. The van der Waals surface area contributed by atoms with Gasteiger partial charge in [-0.15, -0.1) is 0 Å². The number of hydrogen-bond donors (Lipinski definition) is 1. The third-order valence-electron chi connectivity index (χ3n) is 4.40. The number of amides is 1. The SMILES string of the molecule is COCCCn1c(SC(C)C(=O)Nc2ccccc2Cl)nc2cc(Cl)ccc2c1=O. The maximum absolute atomic E-state index is 13.0. The van der Waals surface area contributed by atoms with Crippen LogP contribution in [0, 0.1) is 0 Å². The van der Waals surface area contributed by atoms with Crippen LogP contribution in [0.2, 0.25) is 10.0 Å². The molecule has 0 aliphatic rings. The number of anilines is 1. The fraction of sp³-hybridized carbons (Fsp3) is 0.286. The molecule has 0 aliphatic heterocycles. The molecule has 9 heteroatoms. The Labute approximate surface area is 188 Å². The molecule has 0 radical (unpaired) electrons. The Morgan fingerprint density at radius 3 is 2.77 bits per heavy atom. The van der Waals surface area contributed by atoms with Gasteiger partial charge in [0.1, 0.15) is 0 Å². The Morgan fingerprint density at radius 2 is 2.03 bits per heavy atom. The number of thioether (sulfide) groups is 1. The highest BCUT2D eigenvalue weighted by Gasteiger charge is 2.20. The van der Waals surface area contributed by atoms with E-state index >= 15 is 0 Å². The quantitative estimate of drug-likeness (QED) is 0.292. The number of rotatable bonds is 8. The lowest BCUT2D eigenvalue weighted by molar-refractivity contribution is -0.115. The molecule has 3 aromatic rings. The molecule has 3 rings (SSSR count). The zero-order chi connectivity index (χ0) is 21.7. The third kappa shape index (κ3) is 5.35. The fourth-order valence-electron chi connectivity index (χ4n) is 2.84. The van der Waals surface area contributed by atoms with Crippen LogP contribution in [0.1, 0.15) is 13.3 Å². The van der Waals surface area contributed by atoms with E-state index in [1.807, 2.05) is 0 Å². The van der Waals surface area contributed by atoms with Crippen molar-refractivity contribution >= 4 is 57.5 Å². The van der Waals surface area contributed by atoms with E-state index in [1.165, 1.54) is 11.8 Å². The maximum atomic E-state index is 13.0. The number of carbonyl (C=O) groups excluding carboxylic acids is 1. The first-order valence-electron chi connectivity index (χ1n) is 9.32. The van der Waals surface area contributed by atoms with Gasteiger partial charge in [0.2, 0.25) is 5.91 Å². The zero-order valence-corrected chi connectivity index (χ0v) is 18.9. The van der Waals surface area contributed by atoms with Gasteiger partial charge in [0.15, 0.2) is 5.16 Å². The van der Waals surface area contributed by atoms with Gasteiger partial charge in [-0.25, -0.2) is 4.98 Å². The molecule has 6 nitrogen and oxygen atoms in total. The number of methoxy groups -OCH3 is 1. The molecule has 1 amide bonds. The number of nitrogens with one attached hydrogen (secondary N) is 1. The van der Waals surface area contributed by atoms with Crippen molar-refractivity contribution < 1.29 is 9.53 Å². The minimum absolute atomic E-state index is 0.172. The van der Waals surface area contributed by atoms with Gasteiger partial charge in [0.05, 0.1) is 26.9 Å². The second kappa shape index (κ2) is 10.3. The molecular formula is C21H21Cl2N3O3S. The predicted octanol–water partition coefficient (Wildman–Crippen LogP) is 4.86. The Kier molecular flexibility index (Phi) is 7.77. The Balaban J connectivity index is 1.90. The third-order valence-corrected chi connectivity index (χ3v) is 6.05. The minimum Gasteiger partial charge on any atom is -0.385 e. The summed E-state index contributed by atoms with van der Waals surface area (Å²) < 4.78 is 6.69. The first-order valence-corrected chi connectivity index (χ1v) is 11.0. The summed E-state index contributed by atoms with van der Waals surface area (Å²) >= 11 is 13.4. The number of hydrogen-bond acceptors (Lipinski definition) is 5. The highest BCUT2D eigenvalue weighted by molar-refractivity contribution is 8.00. The van der Waals surface area contributed by atoms with E-state index in [9.17, 15) is 9.59 Å². The second-order valence-electron chi connectivity index (χ2n) is 6.59. The van der Waals surface area contributed by atoms with Gasteiger partial charge in [0, 0.05) is 25.3 Å². The Morgan fingerprint density at radius 1 is 1.27 bits per heavy atom. The summed E-state index contributed by atoms with van der Waals surface area (Å²) in [7, 11) is 1.61. The largest absolute Gasteiger partial charge is 0.385 e. The van der Waals surface area contributed by atoms with Crippen LogP contribution in [0.15, 0.2) is 52.4 Å². The summed E-state index contributed by atoms with van der Waals surface area (Å²) in [6.45, 7) is 2.70. The lowest BCUT2D eigenvalue weighted by atomic mass is 10.2. The topological polar surface area (TPSA) is 73.2 Å². The summed E-state index contributed by atoms with van der Waals surface area (Å²) in [5.74, 6) is -0.239. The van der Waals surface area contributed by atoms with Crippen molar-refractivity contribution in [2.75, 3.05) is 19.0 Å². The molecule has 1 N–H and O–H groups in total.